The van der Waals surface area contributed by atoms with E-state index >= 15 is 0 Å². The summed E-state index contributed by atoms with van der Waals surface area (Å²) in [7, 11) is 0. The van der Waals surface area contributed by atoms with Crippen molar-refractivity contribution < 1.29 is 4.39 Å². The molecule has 0 N–H and O–H groups in total. The number of benzene rings is 1. The lowest BCUT2D eigenvalue weighted by Gasteiger charge is -2.21. The molecule has 1 unspecified atom stereocenters. The first kappa shape index (κ1) is 9.72. The van der Waals surface area contributed by atoms with Crippen molar-refractivity contribution in [3.63, 3.8) is 0 Å². The Morgan fingerprint density at radius 3 is 2.17 bits per heavy atom. The molecule has 1 atom stereocenters. The Morgan fingerprint density at radius 1 is 1.25 bits per heavy atom. The van der Waals surface area contributed by atoms with E-state index in [9.17, 15) is 4.39 Å². The summed E-state index contributed by atoms with van der Waals surface area (Å²) in [6.45, 7) is 3.65. The van der Waals surface area contributed by atoms with Gasteiger partial charge >= 0.3 is 0 Å². The first-order valence-electron chi connectivity index (χ1n) is 3.90. The molecule has 0 heterocycles. The Morgan fingerprint density at radius 2 is 1.75 bits per heavy atom. The molecule has 0 aliphatic carbocycles. The summed E-state index contributed by atoms with van der Waals surface area (Å²) < 4.78 is 13.1. The summed E-state index contributed by atoms with van der Waals surface area (Å²) in [5.41, 5.74) is 0.722. The van der Waals surface area contributed by atoms with Crippen LogP contribution in [0.15, 0.2) is 30.3 Å². The third-order valence-electron chi connectivity index (χ3n) is 1.69. The molecule has 12 heavy (non-hydrogen) atoms. The van der Waals surface area contributed by atoms with Crippen LogP contribution in [-0.4, -0.2) is 4.32 Å². The van der Waals surface area contributed by atoms with Crippen LogP contribution in [0.4, 0.5) is 4.39 Å². The second kappa shape index (κ2) is 3.56. The predicted molar refractivity (Wildman–Crippen MR) is 53.3 cm³/mol. The minimum atomic E-state index is -0.960. The maximum absolute atomic E-state index is 13.6. The van der Waals surface area contributed by atoms with E-state index in [0.717, 1.165) is 5.56 Å². The van der Waals surface area contributed by atoms with E-state index in [4.69, 9.17) is 0 Å². The molecule has 0 radical (unpaired) electrons. The smallest absolute Gasteiger partial charge is 0.140 e. The van der Waals surface area contributed by atoms with Gasteiger partial charge in [0.05, 0.1) is 4.32 Å². The van der Waals surface area contributed by atoms with Crippen molar-refractivity contribution in [2.45, 2.75) is 24.3 Å². The normalized spacial score (nSPS) is 14.3. The molecule has 0 aromatic heterocycles. The van der Waals surface area contributed by atoms with Crippen molar-refractivity contribution in [2.75, 3.05) is 0 Å². The van der Waals surface area contributed by atoms with Gasteiger partial charge in [-0.2, -0.15) is 0 Å². The second-order valence-corrected chi connectivity index (χ2v) is 5.38. The third-order valence-corrected chi connectivity index (χ3v) is 2.10. The molecule has 1 rings (SSSR count). The highest BCUT2D eigenvalue weighted by molar-refractivity contribution is 9.10. The predicted octanol–water partition coefficient (Wildman–Crippen LogP) is 3.87. The quantitative estimate of drug-likeness (QED) is 0.677. The zero-order valence-electron chi connectivity index (χ0n) is 7.22. The summed E-state index contributed by atoms with van der Waals surface area (Å²) in [5.74, 6) is 0. The lowest BCUT2D eigenvalue weighted by molar-refractivity contribution is 0.291. The molecule has 0 aliphatic heterocycles. The molecule has 0 bridgehead atoms. The zero-order chi connectivity index (χ0) is 9.19. The third kappa shape index (κ3) is 2.31. The van der Waals surface area contributed by atoms with E-state index < -0.39 is 10.5 Å². The van der Waals surface area contributed by atoms with Crippen molar-refractivity contribution in [1.82, 2.24) is 0 Å². The van der Waals surface area contributed by atoms with Gasteiger partial charge in [0.1, 0.15) is 6.17 Å². The van der Waals surface area contributed by atoms with Crippen molar-refractivity contribution in [2.24, 2.45) is 0 Å². The van der Waals surface area contributed by atoms with Gasteiger partial charge in [-0.15, -0.1) is 0 Å². The summed E-state index contributed by atoms with van der Waals surface area (Å²) >= 11 is 3.31. The summed E-state index contributed by atoms with van der Waals surface area (Å²) in [4.78, 5) is 0. The van der Waals surface area contributed by atoms with Crippen molar-refractivity contribution in [3.05, 3.63) is 35.9 Å². The van der Waals surface area contributed by atoms with E-state index in [1.165, 1.54) is 0 Å². The molecule has 0 saturated heterocycles. The Labute approximate surface area is 80.9 Å². The fraction of sp³-hybridized carbons (Fsp3) is 0.400. The van der Waals surface area contributed by atoms with Crippen molar-refractivity contribution >= 4 is 15.9 Å². The lowest BCUT2D eigenvalue weighted by atomic mass is 10.0. The molecule has 0 aliphatic rings. The number of hydrogen-bond acceptors (Lipinski definition) is 0. The van der Waals surface area contributed by atoms with Crippen LogP contribution in [0.1, 0.15) is 25.6 Å². The zero-order valence-corrected chi connectivity index (χ0v) is 8.81. The van der Waals surface area contributed by atoms with Crippen LogP contribution in [0.25, 0.3) is 0 Å². The maximum atomic E-state index is 13.6. The fourth-order valence-electron chi connectivity index (χ4n) is 1.02. The average Bonchev–Trinajstić information content (AvgIpc) is 2.03. The first-order chi connectivity index (χ1) is 5.52. The van der Waals surface area contributed by atoms with Gasteiger partial charge in [0.25, 0.3) is 0 Å². The highest BCUT2D eigenvalue weighted by Gasteiger charge is 2.27. The molecule has 0 saturated carbocycles. The highest BCUT2D eigenvalue weighted by atomic mass is 79.9. The van der Waals surface area contributed by atoms with E-state index in [-0.39, 0.29) is 0 Å². The molecule has 0 nitrogen and oxygen atoms in total. The summed E-state index contributed by atoms with van der Waals surface area (Å²) in [6.07, 6.45) is -0.960. The minimum absolute atomic E-state index is 0.492. The molecule has 0 fully saturated rings. The Balaban J connectivity index is 2.86. The van der Waals surface area contributed by atoms with Gasteiger partial charge in [-0.05, 0) is 19.4 Å². The summed E-state index contributed by atoms with van der Waals surface area (Å²) in [6, 6.07) is 9.18. The van der Waals surface area contributed by atoms with Crippen molar-refractivity contribution in [1.29, 1.82) is 0 Å². The largest absolute Gasteiger partial charge is 0.241 e. The first-order valence-corrected chi connectivity index (χ1v) is 4.69. The minimum Gasteiger partial charge on any atom is -0.241 e. The van der Waals surface area contributed by atoms with Crippen LogP contribution in [-0.2, 0) is 0 Å². The van der Waals surface area contributed by atoms with Crippen molar-refractivity contribution in [3.8, 4) is 0 Å². The molecular formula is C10H12BrF. The number of halogens is 2. The van der Waals surface area contributed by atoms with Gasteiger partial charge in [0.2, 0.25) is 0 Å². The molecule has 2 heteroatoms. The monoisotopic (exact) mass is 230 g/mol. The number of rotatable bonds is 2. The topological polar surface area (TPSA) is 0 Å². The number of alkyl halides is 2. The Kier molecular flexibility index (Phi) is 2.89. The Hall–Kier alpha value is -0.370. The van der Waals surface area contributed by atoms with Gasteiger partial charge in [0, 0.05) is 0 Å². The second-order valence-electron chi connectivity index (χ2n) is 3.34. The maximum Gasteiger partial charge on any atom is 0.140 e. The fourth-order valence-corrected chi connectivity index (χ4v) is 1.28. The molecule has 0 amide bonds. The molecule has 1 aromatic carbocycles. The van der Waals surface area contributed by atoms with Gasteiger partial charge in [-0.3, -0.25) is 0 Å². The van der Waals surface area contributed by atoms with Gasteiger partial charge in [-0.1, -0.05) is 46.3 Å². The lowest BCUT2D eigenvalue weighted by Crippen LogP contribution is -2.17. The van der Waals surface area contributed by atoms with Crippen LogP contribution < -0.4 is 0 Å². The van der Waals surface area contributed by atoms with E-state index in [0.29, 0.717) is 0 Å². The summed E-state index contributed by atoms with van der Waals surface area (Å²) in [5, 5.41) is 0. The van der Waals surface area contributed by atoms with Crippen LogP contribution in [0.3, 0.4) is 0 Å². The standard InChI is InChI=1S/C10H12BrF/c1-10(2,11)9(12)8-6-4-3-5-7-8/h3-7,9H,1-2H3. The molecule has 0 spiro atoms. The Bertz CT molecular complexity index is 238. The van der Waals surface area contributed by atoms with Gasteiger partial charge in [-0.25, -0.2) is 4.39 Å². The van der Waals surface area contributed by atoms with E-state index in [1.807, 2.05) is 32.0 Å². The van der Waals surface area contributed by atoms with Gasteiger partial charge < -0.3 is 0 Å². The average molecular weight is 231 g/mol. The van der Waals surface area contributed by atoms with Gasteiger partial charge in [0.15, 0.2) is 0 Å². The van der Waals surface area contributed by atoms with Crippen LogP contribution in [0.2, 0.25) is 0 Å². The molecule has 66 valence electrons. The van der Waals surface area contributed by atoms with Crippen LogP contribution in [0.5, 0.6) is 0 Å². The van der Waals surface area contributed by atoms with Crippen LogP contribution >= 0.6 is 15.9 Å². The molecule has 1 aromatic rings. The van der Waals surface area contributed by atoms with E-state index in [1.54, 1.807) is 12.1 Å². The molecular weight excluding hydrogens is 219 g/mol. The SMILES string of the molecule is CC(C)(Br)C(F)c1ccccc1. The highest BCUT2D eigenvalue weighted by Crippen LogP contribution is 2.35. The number of hydrogen-bond donors (Lipinski definition) is 0. The van der Waals surface area contributed by atoms with E-state index in [2.05, 4.69) is 15.9 Å². The van der Waals surface area contributed by atoms with Crippen LogP contribution in [0, 0.1) is 0 Å².